The fraction of sp³-hybridized carbons (Fsp3) is 0.381. The molecule has 1 aliphatic rings. The summed E-state index contributed by atoms with van der Waals surface area (Å²) in [6, 6.07) is 9.53. The highest BCUT2D eigenvalue weighted by atomic mass is 35.5. The van der Waals surface area contributed by atoms with E-state index >= 15 is 0 Å². The van der Waals surface area contributed by atoms with Crippen molar-refractivity contribution in [3.8, 4) is 5.75 Å². The minimum absolute atomic E-state index is 0.0741. The van der Waals surface area contributed by atoms with Gasteiger partial charge < -0.3 is 9.84 Å². The molecule has 0 aliphatic carbocycles. The Balaban J connectivity index is 1.82. The summed E-state index contributed by atoms with van der Waals surface area (Å²) in [4.78, 5) is 12.2. The van der Waals surface area contributed by atoms with Crippen LogP contribution in [0.5, 0.6) is 5.75 Å². The minimum atomic E-state index is -4.16. The molecule has 2 aromatic carbocycles. The van der Waals surface area contributed by atoms with Gasteiger partial charge in [0.05, 0.1) is 11.0 Å². The molecule has 2 aromatic rings. The van der Waals surface area contributed by atoms with Crippen molar-refractivity contribution in [2.45, 2.75) is 43.9 Å². The maximum Gasteiger partial charge on any atom is 0.262 e. The van der Waals surface area contributed by atoms with Crippen LogP contribution in [0.1, 0.15) is 25.8 Å². The summed E-state index contributed by atoms with van der Waals surface area (Å²) in [5.74, 6) is -0.441. The Labute approximate surface area is 196 Å². The quantitative estimate of drug-likeness (QED) is 0.412. The summed E-state index contributed by atoms with van der Waals surface area (Å²) >= 11 is 12.0. The highest BCUT2D eigenvalue weighted by molar-refractivity contribution is 7.89. The molecule has 1 amide bonds. The number of benzene rings is 2. The Morgan fingerprint density at radius 2 is 1.88 bits per heavy atom. The first-order chi connectivity index (χ1) is 15.0. The van der Waals surface area contributed by atoms with Crippen LogP contribution in [0.2, 0.25) is 10.0 Å². The zero-order valence-electron chi connectivity index (χ0n) is 17.5. The summed E-state index contributed by atoms with van der Waals surface area (Å²) in [6.07, 6.45) is -0.744. The molecule has 1 heterocycles. The fourth-order valence-electron chi connectivity index (χ4n) is 3.91. The van der Waals surface area contributed by atoms with Crippen molar-refractivity contribution in [1.82, 2.24) is 9.79 Å². The van der Waals surface area contributed by atoms with E-state index in [1.54, 1.807) is 37.5 Å². The third-order valence-corrected chi connectivity index (χ3v) is 7.81. The lowest BCUT2D eigenvalue weighted by Gasteiger charge is -2.45. The molecule has 0 saturated carbocycles. The zero-order valence-corrected chi connectivity index (χ0v) is 19.8. The van der Waals surface area contributed by atoms with Crippen molar-refractivity contribution in [2.75, 3.05) is 6.54 Å². The van der Waals surface area contributed by atoms with Gasteiger partial charge in [0, 0.05) is 22.2 Å². The Morgan fingerprint density at radius 3 is 2.47 bits per heavy atom. The summed E-state index contributed by atoms with van der Waals surface area (Å²) in [5.41, 5.74) is 1.36. The number of hydroxylamine groups is 1. The van der Waals surface area contributed by atoms with Crippen LogP contribution in [0.3, 0.4) is 0 Å². The molecule has 1 fully saturated rings. The van der Waals surface area contributed by atoms with Gasteiger partial charge >= 0.3 is 0 Å². The Kier molecular flexibility index (Phi) is 7.38. The molecule has 3 rings (SSSR count). The van der Waals surface area contributed by atoms with Crippen LogP contribution < -0.4 is 10.2 Å². The smallest absolute Gasteiger partial charge is 0.262 e. The Morgan fingerprint density at radius 1 is 1.22 bits per heavy atom. The van der Waals surface area contributed by atoms with E-state index in [1.165, 1.54) is 24.3 Å². The molecule has 1 saturated heterocycles. The van der Waals surface area contributed by atoms with Gasteiger partial charge in [-0.15, -0.1) is 0 Å². The lowest BCUT2D eigenvalue weighted by Crippen LogP contribution is -2.62. The summed E-state index contributed by atoms with van der Waals surface area (Å²) in [6.45, 7) is 3.22. The molecule has 1 aliphatic heterocycles. The van der Waals surface area contributed by atoms with Crippen LogP contribution in [0.25, 0.3) is 0 Å². The van der Waals surface area contributed by atoms with Crippen LogP contribution in [-0.2, 0) is 21.4 Å². The number of nitrogens with one attached hydrogen (secondary N) is 1. The molecular weight excluding hydrogens is 479 g/mol. The number of rotatable bonds is 6. The third kappa shape index (κ3) is 5.19. The Bertz CT molecular complexity index is 1090. The molecule has 174 valence electrons. The SMILES string of the molecule is CC1(C)CC(O)CN(S(=O)(=O)c2ccc(OCc3ccc(Cl)cc3Cl)cc2)[C@H]1C(=O)NO. The second kappa shape index (κ2) is 9.54. The number of carbonyl (C=O) groups is 1. The van der Waals surface area contributed by atoms with E-state index in [0.717, 1.165) is 9.87 Å². The van der Waals surface area contributed by atoms with E-state index in [9.17, 15) is 18.3 Å². The van der Waals surface area contributed by atoms with E-state index in [2.05, 4.69) is 0 Å². The number of hydrogen-bond acceptors (Lipinski definition) is 6. The van der Waals surface area contributed by atoms with Crippen molar-refractivity contribution in [2.24, 2.45) is 5.41 Å². The largest absolute Gasteiger partial charge is 0.489 e. The number of hydrogen-bond donors (Lipinski definition) is 3. The van der Waals surface area contributed by atoms with Crippen LogP contribution in [-0.4, -0.2) is 47.6 Å². The summed E-state index contributed by atoms with van der Waals surface area (Å²) < 4.78 is 33.2. The summed E-state index contributed by atoms with van der Waals surface area (Å²) in [7, 11) is -4.16. The van der Waals surface area contributed by atoms with E-state index in [1.807, 2.05) is 0 Å². The van der Waals surface area contributed by atoms with Gasteiger partial charge in [-0.25, -0.2) is 13.9 Å². The highest BCUT2D eigenvalue weighted by Gasteiger charge is 2.50. The van der Waals surface area contributed by atoms with Gasteiger partial charge in [-0.05, 0) is 48.2 Å². The van der Waals surface area contributed by atoms with Gasteiger partial charge in [0.15, 0.2) is 0 Å². The third-order valence-electron chi connectivity index (χ3n) is 5.38. The molecular formula is C21H24Cl2N2O6S. The normalized spacial score (nSPS) is 21.2. The minimum Gasteiger partial charge on any atom is -0.489 e. The second-order valence-electron chi connectivity index (χ2n) is 8.30. The van der Waals surface area contributed by atoms with Crippen LogP contribution in [0, 0.1) is 5.41 Å². The van der Waals surface area contributed by atoms with Gasteiger partial charge in [0.2, 0.25) is 10.0 Å². The Hall–Kier alpha value is -1.88. The predicted molar refractivity (Wildman–Crippen MR) is 119 cm³/mol. The molecule has 1 unspecified atom stereocenters. The summed E-state index contributed by atoms with van der Waals surface area (Å²) in [5, 5.41) is 20.3. The van der Waals surface area contributed by atoms with E-state index < -0.39 is 33.5 Å². The van der Waals surface area contributed by atoms with Gasteiger partial charge in [0.25, 0.3) is 5.91 Å². The fourth-order valence-corrected chi connectivity index (χ4v) is 6.15. The number of aliphatic hydroxyl groups is 1. The average Bonchev–Trinajstić information content (AvgIpc) is 2.71. The number of amides is 1. The number of ether oxygens (including phenoxy) is 1. The first kappa shape index (κ1) is 24.8. The standard InChI is InChI=1S/C21H24Cl2N2O6S/c1-21(2)10-15(26)11-25(19(21)20(27)24-28)32(29,30)17-7-5-16(6-8-17)31-12-13-3-4-14(22)9-18(13)23/h3-9,15,19,26,28H,10-12H2,1-2H3,(H,24,27)/t15?,19-/m0/s1. The maximum absolute atomic E-state index is 13.3. The molecule has 0 aromatic heterocycles. The molecule has 2 atom stereocenters. The van der Waals surface area contributed by atoms with Gasteiger partial charge in [-0.2, -0.15) is 4.31 Å². The number of halogens is 2. The van der Waals surface area contributed by atoms with Crippen molar-refractivity contribution in [3.05, 3.63) is 58.1 Å². The predicted octanol–water partition coefficient (Wildman–Crippen LogP) is 3.23. The molecule has 11 heteroatoms. The van der Waals surface area contributed by atoms with Crippen LogP contribution in [0.4, 0.5) is 0 Å². The molecule has 3 N–H and O–H groups in total. The zero-order chi connectivity index (χ0) is 23.7. The number of sulfonamides is 1. The van der Waals surface area contributed by atoms with E-state index in [0.29, 0.717) is 15.8 Å². The number of carbonyl (C=O) groups excluding carboxylic acids is 1. The number of nitrogens with zero attached hydrogens (tertiary/aromatic N) is 1. The monoisotopic (exact) mass is 502 g/mol. The second-order valence-corrected chi connectivity index (χ2v) is 11.0. The van der Waals surface area contributed by atoms with Crippen molar-refractivity contribution >= 4 is 39.1 Å². The lowest BCUT2D eigenvalue weighted by atomic mass is 9.76. The first-order valence-corrected chi connectivity index (χ1v) is 12.0. The lowest BCUT2D eigenvalue weighted by molar-refractivity contribution is -0.140. The van der Waals surface area contributed by atoms with Gasteiger partial charge in [-0.1, -0.05) is 43.1 Å². The van der Waals surface area contributed by atoms with Crippen molar-refractivity contribution in [3.63, 3.8) is 0 Å². The molecule has 32 heavy (non-hydrogen) atoms. The molecule has 8 nitrogen and oxygen atoms in total. The highest BCUT2D eigenvalue weighted by Crippen LogP contribution is 2.38. The first-order valence-electron chi connectivity index (χ1n) is 9.76. The number of aliphatic hydroxyl groups excluding tert-OH is 1. The molecule has 0 radical (unpaired) electrons. The van der Waals surface area contributed by atoms with Gasteiger partial charge in [-0.3, -0.25) is 10.0 Å². The van der Waals surface area contributed by atoms with Crippen LogP contribution in [0.15, 0.2) is 47.4 Å². The topological polar surface area (TPSA) is 116 Å². The van der Waals surface area contributed by atoms with Crippen molar-refractivity contribution in [1.29, 1.82) is 0 Å². The molecule has 0 spiro atoms. The number of β-amino-alcohol motifs (C(OH)–C–C–N with tert-alkyl or cyclic N) is 1. The van der Waals surface area contributed by atoms with Crippen LogP contribution >= 0.6 is 23.2 Å². The van der Waals surface area contributed by atoms with E-state index in [-0.39, 0.29) is 24.5 Å². The van der Waals surface area contributed by atoms with E-state index in [4.69, 9.17) is 33.1 Å². The average molecular weight is 503 g/mol. The van der Waals surface area contributed by atoms with Gasteiger partial charge in [0.1, 0.15) is 18.4 Å². The molecule has 0 bridgehead atoms. The van der Waals surface area contributed by atoms with Crippen molar-refractivity contribution < 1.29 is 28.3 Å². The number of piperidine rings is 1. The maximum atomic E-state index is 13.3.